The molecule has 12 heteroatoms. The minimum absolute atomic E-state index is 0.0993. The molecule has 0 radical (unpaired) electrons. The Morgan fingerprint density at radius 3 is 2.35 bits per heavy atom. The second kappa shape index (κ2) is 10.7. The molecule has 40 heavy (non-hydrogen) atoms. The van der Waals surface area contributed by atoms with E-state index in [-0.39, 0.29) is 37.3 Å². The average Bonchev–Trinajstić information content (AvgIpc) is 3.31. The Kier molecular flexibility index (Phi) is 7.28. The van der Waals surface area contributed by atoms with Gasteiger partial charge in [0.2, 0.25) is 11.8 Å². The second-order valence-electron chi connectivity index (χ2n) is 9.96. The van der Waals surface area contributed by atoms with Gasteiger partial charge in [0.05, 0.1) is 18.5 Å². The predicted octanol–water partition coefficient (Wildman–Crippen LogP) is 3.50. The van der Waals surface area contributed by atoms with Crippen molar-refractivity contribution in [1.82, 2.24) is 15.5 Å². The van der Waals surface area contributed by atoms with Crippen LogP contribution in [0.15, 0.2) is 66.0 Å². The summed E-state index contributed by atoms with van der Waals surface area (Å²) in [7, 11) is 0. The third-order valence-electron chi connectivity index (χ3n) is 7.16. The molecular weight excluding hydrogens is 540 g/mol. The Balaban J connectivity index is 1.19. The molecule has 2 aromatic carbocycles. The van der Waals surface area contributed by atoms with Gasteiger partial charge >= 0.3 is 0 Å². The third kappa shape index (κ3) is 5.67. The molecule has 5 rings (SSSR count). The monoisotopic (exact) mass is 567 g/mol. The maximum absolute atomic E-state index is 14.2. The van der Waals surface area contributed by atoms with Crippen LogP contribution in [-0.2, 0) is 16.1 Å². The van der Waals surface area contributed by atoms with Gasteiger partial charge in [-0.25, -0.2) is 8.78 Å². The number of halogens is 2. The van der Waals surface area contributed by atoms with Crippen molar-refractivity contribution in [2.45, 2.75) is 31.4 Å². The first-order valence-electron chi connectivity index (χ1n) is 12.5. The van der Waals surface area contributed by atoms with Crippen LogP contribution in [0.2, 0.25) is 0 Å². The van der Waals surface area contributed by atoms with E-state index in [9.17, 15) is 23.2 Å². The van der Waals surface area contributed by atoms with Gasteiger partial charge in [-0.05, 0) is 48.9 Å². The number of rotatable bonds is 9. The maximum Gasteiger partial charge on any atom is 0.256 e. The first kappa shape index (κ1) is 27.3. The molecule has 2 atom stereocenters. The number of nitrogens with one attached hydrogen (secondary N) is 3. The zero-order chi connectivity index (χ0) is 28.5. The number of alkyl halides is 2. The molecule has 1 saturated heterocycles. The Labute approximate surface area is 232 Å². The van der Waals surface area contributed by atoms with E-state index in [2.05, 4.69) is 10.6 Å². The fourth-order valence-electron chi connectivity index (χ4n) is 4.82. The van der Waals surface area contributed by atoms with Crippen molar-refractivity contribution >= 4 is 34.9 Å². The molecule has 2 aliphatic rings. The van der Waals surface area contributed by atoms with E-state index < -0.39 is 41.6 Å². The molecule has 2 heterocycles. The van der Waals surface area contributed by atoms with Gasteiger partial charge in [-0.15, -0.1) is 11.3 Å². The number of thiophene rings is 1. The van der Waals surface area contributed by atoms with E-state index in [1.54, 1.807) is 47.8 Å². The number of para-hydroxylation sites is 1. The van der Waals surface area contributed by atoms with Crippen LogP contribution in [0.5, 0.6) is 11.5 Å². The number of ether oxygens (including phenoxy) is 1. The molecule has 0 unspecified atom stereocenters. The quantitative estimate of drug-likeness (QED) is 0.232. The van der Waals surface area contributed by atoms with E-state index in [4.69, 9.17) is 15.9 Å². The minimum atomic E-state index is -2.95. The topological polar surface area (TPSA) is 138 Å². The second-order valence-corrected chi connectivity index (χ2v) is 11.0. The Morgan fingerprint density at radius 1 is 1.05 bits per heavy atom. The number of amides is 3. The fourth-order valence-corrected chi connectivity index (χ4v) is 5.64. The lowest BCUT2D eigenvalue weighted by molar-refractivity contribution is -0.137. The normalized spacial score (nSPS) is 20.6. The van der Waals surface area contributed by atoms with Crippen LogP contribution in [0.3, 0.4) is 0 Å². The molecule has 5 N–H and O–H groups in total. The first-order chi connectivity index (χ1) is 19.1. The summed E-state index contributed by atoms with van der Waals surface area (Å²) in [5.41, 5.74) is 4.86. The van der Waals surface area contributed by atoms with Crippen molar-refractivity contribution in [3.05, 3.63) is 82.0 Å². The predicted molar refractivity (Wildman–Crippen MR) is 145 cm³/mol. The van der Waals surface area contributed by atoms with E-state index in [0.29, 0.717) is 17.1 Å². The molecule has 9 nitrogen and oxygen atoms in total. The molecule has 1 saturated carbocycles. The van der Waals surface area contributed by atoms with Gasteiger partial charge in [-0.3, -0.25) is 19.8 Å². The van der Waals surface area contributed by atoms with Crippen molar-refractivity contribution in [3.8, 4) is 11.5 Å². The number of hydrogen-bond acceptors (Lipinski definition) is 6. The van der Waals surface area contributed by atoms with Crippen LogP contribution in [0.1, 0.15) is 33.6 Å². The van der Waals surface area contributed by atoms with Crippen LogP contribution in [0.4, 0.5) is 8.78 Å². The van der Waals surface area contributed by atoms with Crippen molar-refractivity contribution in [3.63, 3.8) is 0 Å². The summed E-state index contributed by atoms with van der Waals surface area (Å²) in [4.78, 5) is 40.6. The summed E-state index contributed by atoms with van der Waals surface area (Å²) in [6.45, 7) is -0.593. The maximum atomic E-state index is 14.2. The lowest BCUT2D eigenvalue weighted by atomic mass is 10.0. The number of amidine groups is 1. The smallest absolute Gasteiger partial charge is 0.256 e. The van der Waals surface area contributed by atoms with Crippen LogP contribution in [0, 0.1) is 10.8 Å². The molecule has 208 valence electrons. The standard InChI is InChI=1S/C28H27F2N5O4S/c29-28(30)15-27(28)11-22(26(38)33-12-21-10-18(14-40-21)24(31)32)35(16-27)23(36)13-34-25(37)17-6-8-20(9-7-17)39-19-4-2-1-3-5-19/h1-10,14,22H,11-13,15-16H2,(H3,31,32)(H,33,38)(H,34,37)/t22-,27-/m0/s1. The molecule has 0 bridgehead atoms. The lowest BCUT2D eigenvalue weighted by Gasteiger charge is -2.24. The highest BCUT2D eigenvalue weighted by Gasteiger charge is 2.75. The largest absolute Gasteiger partial charge is 0.457 e. The molecule has 2 fully saturated rings. The third-order valence-corrected chi connectivity index (χ3v) is 8.10. The Morgan fingerprint density at radius 2 is 1.73 bits per heavy atom. The zero-order valence-corrected chi connectivity index (χ0v) is 22.1. The van der Waals surface area contributed by atoms with Gasteiger partial charge in [-0.1, -0.05) is 18.2 Å². The summed E-state index contributed by atoms with van der Waals surface area (Å²) < 4.78 is 34.2. The summed E-state index contributed by atoms with van der Waals surface area (Å²) in [6, 6.07) is 16.1. The van der Waals surface area contributed by atoms with E-state index >= 15 is 0 Å². The van der Waals surface area contributed by atoms with E-state index in [1.807, 2.05) is 18.2 Å². The van der Waals surface area contributed by atoms with Crippen molar-refractivity contribution in [2.75, 3.05) is 13.1 Å². The molecule has 3 aromatic rings. The van der Waals surface area contributed by atoms with Gasteiger partial charge in [0.25, 0.3) is 11.8 Å². The van der Waals surface area contributed by atoms with Crippen LogP contribution in [-0.4, -0.2) is 53.5 Å². The van der Waals surface area contributed by atoms with Gasteiger partial charge in [0.15, 0.2) is 0 Å². The number of nitrogen functional groups attached to an aromatic ring is 1. The minimum Gasteiger partial charge on any atom is -0.457 e. The average molecular weight is 568 g/mol. The van der Waals surface area contributed by atoms with Crippen LogP contribution < -0.4 is 21.1 Å². The number of nitrogens with zero attached hydrogens (tertiary/aromatic N) is 1. The molecule has 1 aromatic heterocycles. The Bertz CT molecular complexity index is 1450. The molecule has 3 amide bonds. The highest BCUT2D eigenvalue weighted by molar-refractivity contribution is 7.10. The van der Waals surface area contributed by atoms with Crippen LogP contribution in [0.25, 0.3) is 0 Å². The van der Waals surface area contributed by atoms with Gasteiger partial charge < -0.3 is 26.0 Å². The molecule has 1 aliphatic carbocycles. The highest BCUT2D eigenvalue weighted by atomic mass is 32.1. The number of carbonyl (C=O) groups excluding carboxylic acids is 3. The number of nitrogens with two attached hydrogens (primary N) is 1. The van der Waals surface area contributed by atoms with Crippen LogP contribution >= 0.6 is 11.3 Å². The summed E-state index contributed by atoms with van der Waals surface area (Å²) in [5, 5.41) is 14.4. The van der Waals surface area contributed by atoms with Crippen molar-refractivity contribution in [1.29, 1.82) is 5.41 Å². The molecule has 1 aliphatic heterocycles. The highest BCUT2D eigenvalue weighted by Crippen LogP contribution is 2.66. The summed E-state index contributed by atoms with van der Waals surface area (Å²) in [6.07, 6.45) is -0.540. The molecule has 1 spiro atoms. The fraction of sp³-hybridized carbons (Fsp3) is 0.286. The SMILES string of the molecule is N=C(N)c1csc(CNC(=O)[C@@H]2C[C@@]3(CN2C(=O)CNC(=O)c2ccc(Oc4ccccc4)cc2)CC3(F)F)c1. The zero-order valence-electron chi connectivity index (χ0n) is 21.3. The van der Waals surface area contributed by atoms with E-state index in [0.717, 1.165) is 9.78 Å². The van der Waals surface area contributed by atoms with Crippen molar-refractivity contribution < 1.29 is 27.9 Å². The van der Waals surface area contributed by atoms with Gasteiger partial charge in [-0.2, -0.15) is 0 Å². The summed E-state index contributed by atoms with van der Waals surface area (Å²) >= 11 is 1.30. The van der Waals surface area contributed by atoms with Gasteiger partial charge in [0, 0.05) is 34.3 Å². The number of hydrogen-bond donors (Lipinski definition) is 4. The van der Waals surface area contributed by atoms with Gasteiger partial charge in [0.1, 0.15) is 23.4 Å². The first-order valence-corrected chi connectivity index (χ1v) is 13.4. The number of benzene rings is 2. The number of carbonyl (C=O) groups is 3. The molecular formula is C28H27F2N5O4S. The number of likely N-dealkylation sites (tertiary alicyclic amines) is 1. The lowest BCUT2D eigenvalue weighted by Crippen LogP contribution is -2.48. The summed E-state index contributed by atoms with van der Waals surface area (Å²) in [5.74, 6) is -3.57. The Hall–Kier alpha value is -4.32. The van der Waals surface area contributed by atoms with Crippen molar-refractivity contribution in [2.24, 2.45) is 11.1 Å². The van der Waals surface area contributed by atoms with E-state index in [1.165, 1.54) is 11.3 Å².